The fraction of sp³-hybridized carbons (Fsp3) is 0.625. The number of pyridine rings is 1. The van der Waals surface area contributed by atoms with E-state index >= 15 is 0 Å². The average molecular weight is 369 g/mol. The summed E-state index contributed by atoms with van der Waals surface area (Å²) in [4.78, 5) is 15.8. The molecular weight excluding hydrogens is 348 g/mol. The molecule has 1 unspecified atom stereocenters. The number of hydrogen-bond donors (Lipinski definition) is 1. The lowest BCUT2D eigenvalue weighted by atomic mass is 9.84. The van der Waals surface area contributed by atoms with Gasteiger partial charge >= 0.3 is 5.97 Å². The van der Waals surface area contributed by atoms with E-state index < -0.39 is 5.60 Å². The Hall–Kier alpha value is -0.980. The van der Waals surface area contributed by atoms with Crippen LogP contribution in [0.15, 0.2) is 22.9 Å². The number of rotatable bonds is 4. The summed E-state index contributed by atoms with van der Waals surface area (Å²) in [7, 11) is 1.38. The third-order valence-corrected chi connectivity index (χ3v) is 5.35. The normalized spacial score (nSPS) is 26.5. The van der Waals surface area contributed by atoms with Gasteiger partial charge in [-0.3, -0.25) is 0 Å². The lowest BCUT2D eigenvalue weighted by Crippen LogP contribution is -2.35. The maximum absolute atomic E-state index is 11.5. The number of nitrogens with one attached hydrogen (secondary N) is 1. The minimum atomic E-state index is -0.508. The second-order valence-electron chi connectivity index (χ2n) is 6.25. The summed E-state index contributed by atoms with van der Waals surface area (Å²) in [5.41, 5.74) is 0.644. The Bertz CT molecular complexity index is 543. The number of nitrogens with zero attached hydrogens (tertiary/aromatic N) is 1. The fourth-order valence-electron chi connectivity index (χ4n) is 3.70. The monoisotopic (exact) mass is 368 g/mol. The summed E-state index contributed by atoms with van der Waals surface area (Å²) in [6.07, 6.45) is 7.54. The smallest absolute Gasteiger partial charge is 0.331 e. The zero-order chi connectivity index (χ0) is 15.6. The van der Waals surface area contributed by atoms with Crippen LogP contribution in [0.25, 0.3) is 0 Å². The number of ether oxygens (including phenoxy) is 2. The van der Waals surface area contributed by atoms with Gasteiger partial charge in [0, 0.05) is 30.3 Å². The Morgan fingerprint density at radius 2 is 2.18 bits per heavy atom. The highest BCUT2D eigenvalue weighted by atomic mass is 79.9. The van der Waals surface area contributed by atoms with Crippen LogP contribution in [0.5, 0.6) is 0 Å². The Morgan fingerprint density at radius 1 is 1.41 bits per heavy atom. The van der Waals surface area contributed by atoms with Gasteiger partial charge in [-0.15, -0.1) is 0 Å². The van der Waals surface area contributed by atoms with E-state index in [1.165, 1.54) is 32.8 Å². The first-order valence-corrected chi connectivity index (χ1v) is 8.45. The van der Waals surface area contributed by atoms with E-state index in [1.54, 1.807) is 0 Å². The van der Waals surface area contributed by atoms with Gasteiger partial charge in [0.2, 0.25) is 0 Å². The van der Waals surface area contributed by atoms with Crippen molar-refractivity contribution in [3.05, 3.63) is 28.5 Å². The van der Waals surface area contributed by atoms with Gasteiger partial charge in [-0.25, -0.2) is 9.78 Å². The van der Waals surface area contributed by atoms with Crippen molar-refractivity contribution in [3.8, 4) is 0 Å². The van der Waals surface area contributed by atoms with E-state index in [4.69, 9.17) is 9.47 Å². The zero-order valence-electron chi connectivity index (χ0n) is 12.7. The molecule has 1 saturated carbocycles. The second-order valence-corrected chi connectivity index (χ2v) is 7.06. The minimum Gasteiger partial charge on any atom is -0.467 e. The van der Waals surface area contributed by atoms with Crippen LogP contribution in [0.3, 0.4) is 0 Å². The molecule has 6 heteroatoms. The number of hydrogen-bond acceptors (Lipinski definition) is 5. The molecule has 1 aliphatic carbocycles. The molecular formula is C16H21BrN2O3. The summed E-state index contributed by atoms with van der Waals surface area (Å²) in [5, 5.41) is 3.66. The molecule has 0 radical (unpaired) electrons. The standard InChI is InChI=1S/C16H21BrN2O3/c1-21-14(20)9-22-16(12-4-5-13(17)18-8-12)10-15(19-11-16)6-2-3-7-15/h4-5,8,19H,2-3,6-7,9-11H2,1H3. The van der Waals surface area contributed by atoms with Gasteiger partial charge in [0.25, 0.3) is 0 Å². The minimum absolute atomic E-state index is 0.0374. The predicted octanol–water partition coefficient (Wildman–Crippen LogP) is 2.54. The van der Waals surface area contributed by atoms with E-state index in [-0.39, 0.29) is 18.1 Å². The van der Waals surface area contributed by atoms with Crippen molar-refractivity contribution in [2.75, 3.05) is 20.3 Å². The van der Waals surface area contributed by atoms with Crippen LogP contribution in [0, 0.1) is 0 Å². The third kappa shape index (κ3) is 3.05. The Morgan fingerprint density at radius 3 is 2.82 bits per heavy atom. The molecule has 1 aromatic heterocycles. The number of esters is 1. The Kier molecular flexibility index (Phi) is 4.52. The molecule has 0 aromatic carbocycles. The molecule has 2 aliphatic rings. The van der Waals surface area contributed by atoms with E-state index in [9.17, 15) is 4.79 Å². The van der Waals surface area contributed by atoms with Crippen molar-refractivity contribution in [3.63, 3.8) is 0 Å². The molecule has 0 bridgehead atoms. The maximum atomic E-state index is 11.5. The first-order valence-electron chi connectivity index (χ1n) is 7.65. The molecule has 1 N–H and O–H groups in total. The first kappa shape index (κ1) is 15.9. The molecule has 0 amide bonds. The predicted molar refractivity (Wildman–Crippen MR) is 85.4 cm³/mol. The second kappa shape index (κ2) is 6.26. The van der Waals surface area contributed by atoms with E-state index in [1.807, 2.05) is 18.3 Å². The molecule has 1 aliphatic heterocycles. The van der Waals surface area contributed by atoms with Crippen LogP contribution in [0.4, 0.5) is 0 Å². The Labute approximate surface area is 138 Å². The van der Waals surface area contributed by atoms with Crippen molar-refractivity contribution in [1.29, 1.82) is 0 Å². The molecule has 1 atom stereocenters. The molecule has 3 rings (SSSR count). The molecule has 2 heterocycles. The van der Waals surface area contributed by atoms with Gasteiger partial charge in [0.05, 0.1) is 7.11 Å². The molecule has 22 heavy (non-hydrogen) atoms. The van der Waals surface area contributed by atoms with E-state index in [2.05, 4.69) is 26.2 Å². The molecule has 1 aromatic rings. The first-order chi connectivity index (χ1) is 10.6. The molecule has 1 saturated heterocycles. The van der Waals surface area contributed by atoms with Gasteiger partial charge in [-0.1, -0.05) is 18.9 Å². The van der Waals surface area contributed by atoms with Crippen molar-refractivity contribution in [1.82, 2.24) is 10.3 Å². The van der Waals surface area contributed by atoms with Gasteiger partial charge < -0.3 is 14.8 Å². The largest absolute Gasteiger partial charge is 0.467 e. The van der Waals surface area contributed by atoms with Crippen LogP contribution in [-0.4, -0.2) is 36.8 Å². The number of halogens is 1. The van der Waals surface area contributed by atoms with Crippen LogP contribution >= 0.6 is 15.9 Å². The van der Waals surface area contributed by atoms with Gasteiger partial charge in [0.1, 0.15) is 16.8 Å². The van der Waals surface area contributed by atoms with Gasteiger partial charge in [0.15, 0.2) is 0 Å². The van der Waals surface area contributed by atoms with Crippen LogP contribution < -0.4 is 5.32 Å². The van der Waals surface area contributed by atoms with Crippen molar-refractivity contribution in [2.45, 2.75) is 43.2 Å². The highest BCUT2D eigenvalue weighted by Crippen LogP contribution is 2.46. The third-order valence-electron chi connectivity index (χ3n) is 4.88. The van der Waals surface area contributed by atoms with Gasteiger partial charge in [-0.05, 0) is 34.8 Å². The van der Waals surface area contributed by atoms with Gasteiger partial charge in [-0.2, -0.15) is 0 Å². The molecule has 120 valence electrons. The number of carbonyl (C=O) groups is 1. The zero-order valence-corrected chi connectivity index (χ0v) is 14.3. The van der Waals surface area contributed by atoms with E-state index in [0.717, 1.165) is 16.6 Å². The summed E-state index contributed by atoms with van der Waals surface area (Å²) in [5.74, 6) is -0.350. The van der Waals surface area contributed by atoms with Crippen molar-refractivity contribution < 1.29 is 14.3 Å². The molecule has 2 fully saturated rings. The average Bonchev–Trinajstić information content (AvgIpc) is 3.14. The summed E-state index contributed by atoms with van der Waals surface area (Å²) < 4.78 is 11.6. The Balaban J connectivity index is 1.85. The summed E-state index contributed by atoms with van der Waals surface area (Å²) in [6, 6.07) is 3.93. The topological polar surface area (TPSA) is 60.5 Å². The van der Waals surface area contributed by atoms with Crippen LogP contribution in [-0.2, 0) is 19.9 Å². The number of carbonyl (C=O) groups excluding carboxylic acids is 1. The lowest BCUT2D eigenvalue weighted by molar-refractivity contribution is -0.153. The summed E-state index contributed by atoms with van der Waals surface area (Å²) in [6.45, 7) is 0.664. The number of methoxy groups -OCH3 is 1. The SMILES string of the molecule is COC(=O)COC1(c2ccc(Br)nc2)CNC2(CCCC2)C1. The maximum Gasteiger partial charge on any atom is 0.331 e. The van der Waals surface area contributed by atoms with Crippen LogP contribution in [0.1, 0.15) is 37.7 Å². The highest BCUT2D eigenvalue weighted by Gasteiger charge is 2.51. The van der Waals surface area contributed by atoms with E-state index in [0.29, 0.717) is 6.54 Å². The lowest BCUT2D eigenvalue weighted by Gasteiger charge is -2.31. The quantitative estimate of drug-likeness (QED) is 0.653. The molecule has 1 spiro atoms. The summed E-state index contributed by atoms with van der Waals surface area (Å²) >= 11 is 3.36. The number of aromatic nitrogens is 1. The van der Waals surface area contributed by atoms with Crippen molar-refractivity contribution >= 4 is 21.9 Å². The molecule has 5 nitrogen and oxygen atoms in total. The van der Waals surface area contributed by atoms with Crippen LogP contribution in [0.2, 0.25) is 0 Å². The fourth-order valence-corrected chi connectivity index (χ4v) is 3.93. The highest BCUT2D eigenvalue weighted by molar-refractivity contribution is 9.10. The van der Waals surface area contributed by atoms with Crippen molar-refractivity contribution in [2.24, 2.45) is 0 Å².